The van der Waals surface area contributed by atoms with E-state index in [1.807, 2.05) is 0 Å². The molecule has 0 spiro atoms. The molecule has 2 aromatic carbocycles. The van der Waals surface area contributed by atoms with Gasteiger partial charge in [0, 0.05) is 22.2 Å². The number of carbonyl (C=O) groups is 2. The number of benzene rings is 2. The number of hydrogen-bond acceptors (Lipinski definition) is 4. The van der Waals surface area contributed by atoms with Gasteiger partial charge in [0.25, 0.3) is 0 Å². The minimum atomic E-state index is -1.08. The van der Waals surface area contributed by atoms with Crippen molar-refractivity contribution in [1.29, 1.82) is 0 Å². The summed E-state index contributed by atoms with van der Waals surface area (Å²) in [5, 5.41) is 5.66. The number of anilines is 2. The maximum absolute atomic E-state index is 13.0. The highest BCUT2D eigenvalue weighted by atomic mass is 35.5. The van der Waals surface area contributed by atoms with Gasteiger partial charge < -0.3 is 9.47 Å². The third kappa shape index (κ3) is 3.55. The summed E-state index contributed by atoms with van der Waals surface area (Å²) in [5.41, 5.74) is 0.590. The van der Waals surface area contributed by atoms with E-state index in [0.717, 1.165) is 12.8 Å². The Hall–Kier alpha value is -2.80. The number of amides is 2. The molecule has 2 aliphatic rings. The van der Waals surface area contributed by atoms with E-state index in [2.05, 4.69) is 10.6 Å². The third-order valence-electron chi connectivity index (χ3n) is 4.69. The Balaban J connectivity index is 1.55. The number of ether oxygens (including phenoxy) is 2. The summed E-state index contributed by atoms with van der Waals surface area (Å²) < 4.78 is 24.0. The van der Waals surface area contributed by atoms with E-state index in [1.165, 1.54) is 24.3 Å². The van der Waals surface area contributed by atoms with Crippen LogP contribution in [0.5, 0.6) is 0 Å². The van der Waals surface area contributed by atoms with Crippen LogP contribution in [0.4, 0.5) is 25.4 Å². The summed E-state index contributed by atoms with van der Waals surface area (Å²) in [6, 6.07) is 10.4. The topological polar surface area (TPSA) is 76.7 Å². The lowest BCUT2D eigenvalue weighted by molar-refractivity contribution is -0.0514. The highest BCUT2D eigenvalue weighted by Crippen LogP contribution is 2.52. The van der Waals surface area contributed by atoms with Gasteiger partial charge in [-0.3, -0.25) is 10.6 Å². The van der Waals surface area contributed by atoms with Gasteiger partial charge in [0.2, 0.25) is 0 Å². The average molecular weight is 391 g/mol. The first-order chi connectivity index (χ1) is 13.0. The Kier molecular flexibility index (Phi) is 4.39. The first-order valence-electron chi connectivity index (χ1n) is 8.46. The molecule has 2 aromatic rings. The molecule has 0 saturated heterocycles. The molecular weight excluding hydrogens is 375 g/mol. The Bertz CT molecular complexity index is 901. The Morgan fingerprint density at radius 2 is 2.04 bits per heavy atom. The molecule has 27 heavy (non-hydrogen) atoms. The summed E-state index contributed by atoms with van der Waals surface area (Å²) in [6.45, 7) is -0.147. The van der Waals surface area contributed by atoms with Gasteiger partial charge >= 0.3 is 12.2 Å². The van der Waals surface area contributed by atoms with Crippen molar-refractivity contribution in [2.75, 3.05) is 17.2 Å². The summed E-state index contributed by atoms with van der Waals surface area (Å²) in [7, 11) is 0. The number of hydrogen-bond donors (Lipinski definition) is 2. The quantitative estimate of drug-likeness (QED) is 0.778. The SMILES string of the molecule is O=C(Nc1ccc(F)cc1)OCC1(C2CC2)OC(=O)Nc2ccc(Cl)cc21. The molecule has 1 aliphatic heterocycles. The summed E-state index contributed by atoms with van der Waals surface area (Å²) >= 11 is 6.13. The lowest BCUT2D eigenvalue weighted by atomic mass is 9.87. The van der Waals surface area contributed by atoms with Crippen LogP contribution >= 0.6 is 11.6 Å². The molecule has 1 saturated carbocycles. The van der Waals surface area contributed by atoms with Crippen LogP contribution in [0, 0.1) is 11.7 Å². The molecule has 1 atom stereocenters. The van der Waals surface area contributed by atoms with Gasteiger partial charge in [0.15, 0.2) is 5.60 Å². The van der Waals surface area contributed by atoms with Crippen molar-refractivity contribution in [3.63, 3.8) is 0 Å². The molecule has 0 radical (unpaired) electrons. The van der Waals surface area contributed by atoms with Crippen molar-refractivity contribution in [3.05, 3.63) is 58.9 Å². The zero-order chi connectivity index (χ0) is 19.0. The molecule has 1 heterocycles. The predicted molar refractivity (Wildman–Crippen MR) is 97.3 cm³/mol. The summed E-state index contributed by atoms with van der Waals surface area (Å²) in [5.74, 6) is -0.365. The molecule has 140 valence electrons. The monoisotopic (exact) mass is 390 g/mol. The van der Waals surface area contributed by atoms with Gasteiger partial charge in [0.05, 0.1) is 5.69 Å². The highest BCUT2D eigenvalue weighted by molar-refractivity contribution is 6.30. The van der Waals surface area contributed by atoms with Crippen LogP contribution in [0.2, 0.25) is 5.02 Å². The van der Waals surface area contributed by atoms with Crippen LogP contribution < -0.4 is 10.6 Å². The van der Waals surface area contributed by atoms with Crippen LogP contribution in [0.3, 0.4) is 0 Å². The van der Waals surface area contributed by atoms with Gasteiger partial charge in [-0.05, 0) is 55.3 Å². The smallest absolute Gasteiger partial charge is 0.412 e. The van der Waals surface area contributed by atoms with Crippen LogP contribution in [0.25, 0.3) is 0 Å². The first-order valence-corrected chi connectivity index (χ1v) is 8.83. The summed E-state index contributed by atoms with van der Waals surface area (Å²) in [4.78, 5) is 24.2. The zero-order valence-corrected chi connectivity index (χ0v) is 14.9. The first kappa shape index (κ1) is 17.6. The van der Waals surface area contributed by atoms with Crippen molar-refractivity contribution in [2.24, 2.45) is 5.92 Å². The van der Waals surface area contributed by atoms with Crippen LogP contribution in [0.15, 0.2) is 42.5 Å². The van der Waals surface area contributed by atoms with E-state index in [4.69, 9.17) is 21.1 Å². The minimum Gasteiger partial charge on any atom is -0.445 e. The molecule has 2 amide bonds. The number of fused-ring (bicyclic) bond motifs is 1. The second kappa shape index (κ2) is 6.74. The van der Waals surface area contributed by atoms with Crippen molar-refractivity contribution in [3.8, 4) is 0 Å². The summed E-state index contributed by atoms with van der Waals surface area (Å²) in [6.07, 6.45) is 0.378. The molecule has 4 rings (SSSR count). The van der Waals surface area contributed by atoms with Gasteiger partial charge in [0.1, 0.15) is 12.4 Å². The fourth-order valence-corrected chi connectivity index (χ4v) is 3.44. The van der Waals surface area contributed by atoms with Gasteiger partial charge in [-0.25, -0.2) is 14.0 Å². The predicted octanol–water partition coefficient (Wildman–Crippen LogP) is 4.90. The minimum absolute atomic E-state index is 0.0411. The van der Waals surface area contributed by atoms with E-state index in [0.29, 0.717) is 22.0 Å². The number of rotatable bonds is 4. The largest absolute Gasteiger partial charge is 0.445 e. The molecule has 1 unspecified atom stereocenters. The zero-order valence-electron chi connectivity index (χ0n) is 14.1. The fraction of sp³-hybridized carbons (Fsp3) is 0.263. The van der Waals surface area contributed by atoms with Gasteiger partial charge in [-0.15, -0.1) is 0 Å². The Labute approximate surface area is 159 Å². The van der Waals surface area contributed by atoms with Crippen LogP contribution in [0.1, 0.15) is 18.4 Å². The molecule has 0 bridgehead atoms. The van der Waals surface area contributed by atoms with E-state index < -0.39 is 23.6 Å². The Morgan fingerprint density at radius 3 is 2.74 bits per heavy atom. The van der Waals surface area contributed by atoms with E-state index in [-0.39, 0.29) is 12.5 Å². The average Bonchev–Trinajstić information content (AvgIpc) is 3.48. The Morgan fingerprint density at radius 1 is 1.30 bits per heavy atom. The number of nitrogens with one attached hydrogen (secondary N) is 2. The molecule has 1 fully saturated rings. The van der Waals surface area contributed by atoms with Crippen molar-refractivity contribution < 1.29 is 23.5 Å². The second-order valence-electron chi connectivity index (χ2n) is 6.58. The van der Waals surface area contributed by atoms with Crippen molar-refractivity contribution in [2.45, 2.75) is 18.4 Å². The lowest BCUT2D eigenvalue weighted by Crippen LogP contribution is -2.45. The van der Waals surface area contributed by atoms with Crippen molar-refractivity contribution in [1.82, 2.24) is 0 Å². The molecule has 0 aromatic heterocycles. The normalized spacial score (nSPS) is 20.9. The van der Waals surface area contributed by atoms with E-state index in [1.54, 1.807) is 18.2 Å². The van der Waals surface area contributed by atoms with Crippen molar-refractivity contribution >= 4 is 35.2 Å². The maximum atomic E-state index is 13.0. The van der Waals surface area contributed by atoms with Crippen LogP contribution in [-0.2, 0) is 15.1 Å². The van der Waals surface area contributed by atoms with E-state index in [9.17, 15) is 14.0 Å². The highest BCUT2D eigenvalue weighted by Gasteiger charge is 2.54. The number of cyclic esters (lactones) is 1. The molecule has 6 nitrogen and oxygen atoms in total. The van der Waals surface area contributed by atoms with Gasteiger partial charge in [-0.1, -0.05) is 11.6 Å². The third-order valence-corrected chi connectivity index (χ3v) is 4.93. The fourth-order valence-electron chi connectivity index (χ4n) is 3.27. The molecule has 8 heteroatoms. The molecular formula is C19H16ClFN2O4. The van der Waals surface area contributed by atoms with Gasteiger partial charge in [-0.2, -0.15) is 0 Å². The second-order valence-corrected chi connectivity index (χ2v) is 7.01. The lowest BCUT2D eigenvalue weighted by Gasteiger charge is -2.38. The van der Waals surface area contributed by atoms with E-state index >= 15 is 0 Å². The maximum Gasteiger partial charge on any atom is 0.412 e. The standard InChI is InChI=1S/C19H16ClFN2O4/c20-12-3-8-16-15(9-12)19(11-1-2-11,27-18(25)23-16)10-26-17(24)22-14-6-4-13(21)5-7-14/h3-9,11H,1-2,10H2,(H,22,24)(H,23,25). The molecule has 1 aliphatic carbocycles. The number of carbonyl (C=O) groups excluding carboxylic acids is 2. The molecule has 2 N–H and O–H groups in total. The van der Waals surface area contributed by atoms with Crippen LogP contribution in [-0.4, -0.2) is 18.8 Å². The number of halogens is 2.